The fraction of sp³-hybridized carbons (Fsp3) is 0.708. The van der Waals surface area contributed by atoms with Crippen molar-refractivity contribution in [3.63, 3.8) is 0 Å². The molecule has 90 heavy (non-hydrogen) atoms. The van der Waals surface area contributed by atoms with Crippen LogP contribution >= 0.6 is 0 Å². The minimum atomic E-state index is -4.15. The first-order chi connectivity index (χ1) is 66.2. The first kappa shape index (κ1) is 25.7. The Balaban J connectivity index is 0.000000306. The lowest BCUT2D eigenvalue weighted by Crippen LogP contribution is -2.51. The van der Waals surface area contributed by atoms with Crippen molar-refractivity contribution in [3.8, 4) is 34.5 Å². The molecule has 0 amide bonds. The van der Waals surface area contributed by atoms with Crippen LogP contribution in [0.3, 0.4) is 0 Å². The molecule has 9 rings (SSSR count). The Morgan fingerprint density at radius 3 is 1.13 bits per heavy atom. The number of carbonyl (C=O) groups excluding carboxylic acids is 3. The predicted octanol–water partition coefficient (Wildman–Crippen LogP) is 10.7. The molecule has 6 aliphatic rings. The van der Waals surface area contributed by atoms with Gasteiger partial charge in [0.25, 0.3) is 0 Å². The third-order valence-corrected chi connectivity index (χ3v) is 14.3. The topological polar surface area (TPSA) is 222 Å². The van der Waals surface area contributed by atoms with Gasteiger partial charge in [0, 0.05) is 164 Å². The van der Waals surface area contributed by atoms with E-state index in [2.05, 4.69) is 0 Å². The summed E-state index contributed by atoms with van der Waals surface area (Å²) in [6, 6.07) is -14.0. The smallest absolute Gasteiger partial charge is 0.323 e. The summed E-state index contributed by atoms with van der Waals surface area (Å²) in [5.74, 6) is -36.7. The maximum Gasteiger partial charge on any atom is 0.323 e. The molecule has 3 fully saturated rings. The monoisotopic (exact) mass is 1320 g/mol. The van der Waals surface area contributed by atoms with Gasteiger partial charge < -0.3 is 59.8 Å². The van der Waals surface area contributed by atoms with E-state index in [9.17, 15) is 19.9 Å². The van der Waals surface area contributed by atoms with E-state index in [0.717, 1.165) is 43.5 Å². The average Bonchev–Trinajstić information content (AvgIpc) is 0.677. The van der Waals surface area contributed by atoms with Crippen LogP contribution in [0.25, 0.3) is 0 Å². The molecule has 0 saturated carbocycles. The van der Waals surface area contributed by atoms with Crippen LogP contribution in [0.2, 0.25) is 0 Å². The second-order valence-electron chi connectivity index (χ2n) is 20.3. The molecule has 0 spiro atoms. The van der Waals surface area contributed by atoms with Crippen LogP contribution in [0.4, 0.5) is 0 Å². The van der Waals surface area contributed by atoms with Crippen molar-refractivity contribution < 1.29 is 141 Å². The van der Waals surface area contributed by atoms with Crippen molar-refractivity contribution in [3.05, 3.63) is 69.8 Å². The largest absolute Gasteiger partial charge is 0.493 e. The maximum atomic E-state index is 13.7. The second-order valence-corrected chi connectivity index (χ2v) is 20.3. The molecule has 6 aliphatic heterocycles. The third kappa shape index (κ3) is 17.5. The molecule has 12 unspecified atom stereocenters. The van der Waals surface area contributed by atoms with E-state index >= 15 is 0 Å². The molecular weight excluding hydrogens is 1140 g/mol. The Bertz CT molecular complexity index is 5520. The minimum Gasteiger partial charge on any atom is -0.493 e. The van der Waals surface area contributed by atoms with E-state index in [-0.39, 0.29) is 28.6 Å². The van der Waals surface area contributed by atoms with Gasteiger partial charge in [0.15, 0.2) is 34.5 Å². The van der Waals surface area contributed by atoms with Gasteiger partial charge in [-0.1, -0.05) is 82.4 Å². The molecule has 0 bridgehead atoms. The Morgan fingerprint density at radius 2 is 0.800 bits per heavy atom. The number of nitrogens with two attached hydrogens (primary N) is 3. The molecular formula is C72H114N6O12. The zero-order valence-electron chi connectivity index (χ0n) is 111. The van der Waals surface area contributed by atoms with Gasteiger partial charge in [-0.25, -0.2) is 0 Å². The summed E-state index contributed by atoms with van der Waals surface area (Å²) in [5, 5.41) is 0. The molecule has 6 heterocycles. The Morgan fingerprint density at radius 1 is 0.489 bits per heavy atom. The van der Waals surface area contributed by atoms with Crippen LogP contribution in [0.15, 0.2) is 36.4 Å². The number of benzene rings is 3. The Kier molecular flexibility index (Phi) is 9.29. The summed E-state index contributed by atoms with van der Waals surface area (Å²) >= 11 is 0. The highest BCUT2D eigenvalue weighted by Gasteiger charge is 2.45. The number of methoxy groups -OCH3 is 6. The molecule has 0 aromatic heterocycles. The SMILES string of the molecule is [2H]C([2H])([2H])Oc1cc2c(cc1OC)C1([2H])CC(OC(=O)[C@@]([2H])(N)C([2H])(C([2H])([2H])[2H])C([2H])([2H])[2H])C(C([2H])([2H])C([2H])(C)C([2H])([2H])[2H])CN1C([2H])([2H])C2([2H])[2H].[2H]C1(OC(=O)[C@@]([2H])(N)C([2H])(C([2H])([2H])[2H])C([2H])([2H])[2H])CC2([2H])c3cc(OC)c(OC)cc3C([2H])([2H])C([2H])([2H])N2CC1C([2H])([2H])C([2H])(C)C([2H])([2H])[2H].[2H]C12CC(OC(=O)[C@@]([2H])(N)C([2H])(C([2H])([2H])[2H])C([2H])([2H])[2H])C(C([2H])([2H])C([2H])(C)C([2H])([2H])[2H])CN1C([2H])([2H])C([2H])([2H])c1cc(OC)c(OC)cc12. The van der Waals surface area contributed by atoms with E-state index in [4.69, 9.17) is 138 Å². The second kappa shape index (κ2) is 32.5. The van der Waals surface area contributed by atoms with E-state index in [1.165, 1.54) is 28.4 Å². The quantitative estimate of drug-likeness (QED) is 0.0666. The lowest BCUT2D eigenvalue weighted by atomic mass is 9.79. The average molecular weight is 1320 g/mol. The van der Waals surface area contributed by atoms with Crippen molar-refractivity contribution in [2.75, 3.05) is 81.7 Å². The highest BCUT2D eigenvalue weighted by molar-refractivity contribution is 5.77. The fourth-order valence-electron chi connectivity index (χ4n) is 10.0. The zero-order valence-corrected chi connectivity index (χ0v) is 50.1. The number of fused-ring (bicyclic) bond motifs is 9. The summed E-state index contributed by atoms with van der Waals surface area (Å²) < 4.78 is 552. The summed E-state index contributed by atoms with van der Waals surface area (Å²) in [6.07, 6.45) is -30.9. The van der Waals surface area contributed by atoms with Gasteiger partial charge in [0.05, 0.1) is 56.3 Å². The maximum absolute atomic E-state index is 13.7. The van der Waals surface area contributed by atoms with Crippen molar-refractivity contribution in [1.29, 1.82) is 0 Å². The van der Waals surface area contributed by atoms with Gasteiger partial charge in [-0.2, -0.15) is 0 Å². The van der Waals surface area contributed by atoms with Crippen LogP contribution in [-0.4, -0.2) is 151 Å². The molecule has 18 nitrogen and oxygen atoms in total. The van der Waals surface area contributed by atoms with Crippen LogP contribution in [0.1, 0.15) is 256 Å². The van der Waals surface area contributed by atoms with E-state index < -0.39 is 330 Å². The van der Waals surface area contributed by atoms with E-state index in [0.29, 0.717) is 35.5 Å². The van der Waals surface area contributed by atoms with Gasteiger partial charge >= 0.3 is 17.9 Å². The molecule has 15 atom stereocenters. The number of carbonyl (C=O) groups is 3. The lowest BCUT2D eigenvalue weighted by Gasteiger charge is -2.47. The molecule has 3 aromatic rings. The number of hydrogen-bond donors (Lipinski definition) is 3. The molecule has 6 N–H and O–H groups in total. The first-order valence-corrected chi connectivity index (χ1v) is 27.0. The van der Waals surface area contributed by atoms with Gasteiger partial charge in [-0.15, -0.1) is 0 Å². The predicted molar refractivity (Wildman–Crippen MR) is 353 cm³/mol. The molecule has 3 saturated heterocycles. The Labute approximate surface area is 625 Å². The number of aryl methyl sites for hydroxylation is 3. The molecule has 504 valence electrons. The zero-order chi connectivity index (χ0) is 119. The van der Waals surface area contributed by atoms with Crippen molar-refractivity contribution in [2.45, 2.75) is 194 Å². The third-order valence-electron chi connectivity index (χ3n) is 14.3. The van der Waals surface area contributed by atoms with Gasteiger partial charge in [0.2, 0.25) is 0 Å². The normalized spacial score (nSPS) is 46.7. The summed E-state index contributed by atoms with van der Waals surface area (Å²) in [6.45, 7) is -45.6. The van der Waals surface area contributed by atoms with Gasteiger partial charge in [0.1, 0.15) is 36.3 Å². The van der Waals surface area contributed by atoms with Crippen LogP contribution in [0, 0.1) is 53.1 Å². The van der Waals surface area contributed by atoms with E-state index in [1.807, 2.05) is 0 Å². The standard InChI is InChI=1S/3C24H38N2O4/c3*1-14(2)9-17-13-26-8-7-16-10-21(28-5)22(29-6)11-18(16)19(26)12-20(17)30-24(27)23(25)15(3)4/h3*10-11,14-15,17,19-20,23H,7-9,12-13,25H2,1-6H3/t3*17?,19?,20?,23-/m000/s1/i1D3,3D3,4D3,7D2,8D2,9D2,14D,15D,19D,20D,23D;1D3,3D3,4D3,5D3,7D2,8D2,9D2,14D,15D,19D,23D;1D3,3D3,4D3,7D2,8D2,9D2,14D,15D,19D,23D/t3*14?,17?,19?,20?,23-. The van der Waals surface area contributed by atoms with Crippen LogP contribution in [0.5, 0.6) is 34.5 Å². The van der Waals surface area contributed by atoms with Crippen LogP contribution in [-0.2, 0) is 47.7 Å². The number of piperidine rings is 3. The van der Waals surface area contributed by atoms with Gasteiger partial charge in [-0.3, -0.25) is 29.1 Å². The fourth-order valence-corrected chi connectivity index (χ4v) is 10.0. The highest BCUT2D eigenvalue weighted by Crippen LogP contribution is 2.48. The van der Waals surface area contributed by atoms with Crippen molar-refractivity contribution in [2.24, 2.45) is 70.3 Å². The number of rotatable bonds is 21. The van der Waals surface area contributed by atoms with E-state index in [1.54, 1.807) is 0 Å². The first-order valence-electron chi connectivity index (χ1n) is 57.5. The molecule has 18 heteroatoms. The summed E-state index contributed by atoms with van der Waals surface area (Å²) in [7, 11) is 2.73. The van der Waals surface area contributed by atoms with Crippen molar-refractivity contribution >= 4 is 17.9 Å². The molecule has 0 radical (unpaired) electrons. The lowest BCUT2D eigenvalue weighted by molar-refractivity contribution is -0.161. The Hall–Kier alpha value is -5.37. The number of nitrogens with zero attached hydrogens (tertiary/aromatic N) is 3. The summed E-state index contributed by atoms with van der Waals surface area (Å²) in [5.41, 5.74) is 14.2. The molecule has 0 aliphatic carbocycles. The number of ether oxygens (including phenoxy) is 9. The molecule has 3 aromatic carbocycles. The summed E-state index contributed by atoms with van der Waals surface area (Å²) in [4.78, 5) is 42.5. The van der Waals surface area contributed by atoms with Crippen LogP contribution < -0.4 is 45.6 Å². The van der Waals surface area contributed by atoms with Gasteiger partial charge in [-0.05, 0) is 143 Å². The number of hydrogen-bond acceptors (Lipinski definition) is 18. The van der Waals surface area contributed by atoms with Crippen molar-refractivity contribution in [1.82, 2.24) is 14.7 Å². The highest BCUT2D eigenvalue weighted by atomic mass is 16.6. The number of esters is 3. The minimum absolute atomic E-state index is 0.0558.